The summed E-state index contributed by atoms with van der Waals surface area (Å²) in [5, 5.41) is 7.60. The zero-order valence-electron chi connectivity index (χ0n) is 14.3. The maximum atomic E-state index is 4.61. The molecular formula is C19H22N6. The molecule has 0 spiro atoms. The first-order valence-electron chi connectivity index (χ1n) is 8.64. The Hall–Kier alpha value is -2.89. The SMILES string of the molecule is Cn1cc(-c2ccnc(NCC3CCN(c4ccccc4)C3)n2)cn1. The van der Waals surface area contributed by atoms with Crippen LogP contribution in [0.3, 0.4) is 0 Å². The van der Waals surface area contributed by atoms with Crippen LogP contribution in [0.25, 0.3) is 11.3 Å². The van der Waals surface area contributed by atoms with Gasteiger partial charge in [-0.25, -0.2) is 9.97 Å². The van der Waals surface area contributed by atoms with Crippen molar-refractivity contribution >= 4 is 11.6 Å². The molecule has 1 fully saturated rings. The van der Waals surface area contributed by atoms with Crippen LogP contribution in [0, 0.1) is 5.92 Å². The highest BCUT2D eigenvalue weighted by atomic mass is 15.2. The molecule has 25 heavy (non-hydrogen) atoms. The van der Waals surface area contributed by atoms with Crippen LogP contribution in [0.15, 0.2) is 55.0 Å². The molecule has 0 radical (unpaired) electrons. The van der Waals surface area contributed by atoms with Gasteiger partial charge in [-0.1, -0.05) is 18.2 Å². The highest BCUT2D eigenvalue weighted by Gasteiger charge is 2.22. The molecule has 1 aromatic carbocycles. The summed E-state index contributed by atoms with van der Waals surface area (Å²) in [5.74, 6) is 1.28. The molecule has 1 aliphatic rings. The fourth-order valence-electron chi connectivity index (χ4n) is 3.27. The minimum absolute atomic E-state index is 0.603. The molecule has 1 unspecified atom stereocenters. The number of aromatic nitrogens is 4. The van der Waals surface area contributed by atoms with Gasteiger partial charge in [-0.3, -0.25) is 4.68 Å². The normalized spacial score (nSPS) is 17.0. The van der Waals surface area contributed by atoms with E-state index in [1.165, 1.54) is 12.1 Å². The molecule has 0 aliphatic carbocycles. The predicted octanol–water partition coefficient (Wildman–Crippen LogP) is 2.82. The van der Waals surface area contributed by atoms with Gasteiger partial charge in [0.25, 0.3) is 0 Å². The van der Waals surface area contributed by atoms with Crippen LogP contribution in [-0.2, 0) is 7.05 Å². The number of nitrogens with zero attached hydrogens (tertiary/aromatic N) is 5. The lowest BCUT2D eigenvalue weighted by molar-refractivity contribution is 0.620. The van der Waals surface area contributed by atoms with Gasteiger partial charge >= 0.3 is 0 Å². The molecule has 3 aromatic rings. The summed E-state index contributed by atoms with van der Waals surface area (Å²) in [5.41, 5.74) is 3.20. The Labute approximate surface area is 147 Å². The quantitative estimate of drug-likeness (QED) is 0.777. The maximum absolute atomic E-state index is 4.61. The van der Waals surface area contributed by atoms with Crippen LogP contribution < -0.4 is 10.2 Å². The third-order valence-corrected chi connectivity index (χ3v) is 4.61. The molecule has 6 heteroatoms. The molecule has 0 saturated carbocycles. The molecule has 1 aliphatic heterocycles. The average molecular weight is 334 g/mol. The van der Waals surface area contributed by atoms with Crippen molar-refractivity contribution in [3.05, 3.63) is 55.0 Å². The van der Waals surface area contributed by atoms with Gasteiger partial charge in [0, 0.05) is 50.3 Å². The standard InChI is InChI=1S/C19H22N6/c1-24-14-16(12-22-24)18-7-9-20-19(23-18)21-11-15-8-10-25(13-15)17-5-3-2-4-6-17/h2-7,9,12,14-15H,8,10-11,13H2,1H3,(H,20,21,23). The second kappa shape index (κ2) is 6.93. The summed E-state index contributed by atoms with van der Waals surface area (Å²) in [6.45, 7) is 3.06. The van der Waals surface area contributed by atoms with Crippen molar-refractivity contribution in [2.24, 2.45) is 13.0 Å². The van der Waals surface area contributed by atoms with Crippen LogP contribution in [0.1, 0.15) is 6.42 Å². The van der Waals surface area contributed by atoms with Crippen LogP contribution in [0.5, 0.6) is 0 Å². The number of hydrogen-bond donors (Lipinski definition) is 1. The number of para-hydroxylation sites is 1. The van der Waals surface area contributed by atoms with Crippen molar-refractivity contribution in [3.8, 4) is 11.3 Å². The summed E-state index contributed by atoms with van der Waals surface area (Å²) in [6.07, 6.45) is 6.76. The number of aryl methyl sites for hydroxylation is 1. The molecule has 128 valence electrons. The van der Waals surface area contributed by atoms with Crippen molar-refractivity contribution in [1.29, 1.82) is 0 Å². The van der Waals surface area contributed by atoms with Crippen LogP contribution in [-0.4, -0.2) is 39.4 Å². The van der Waals surface area contributed by atoms with Crippen LogP contribution >= 0.6 is 0 Å². The average Bonchev–Trinajstić information content (AvgIpc) is 3.30. The molecule has 1 saturated heterocycles. The highest BCUT2D eigenvalue weighted by molar-refractivity contribution is 5.57. The monoisotopic (exact) mass is 334 g/mol. The van der Waals surface area contributed by atoms with Gasteiger partial charge in [-0.05, 0) is 30.5 Å². The molecule has 1 N–H and O–H groups in total. The van der Waals surface area contributed by atoms with E-state index in [0.717, 1.165) is 30.9 Å². The van der Waals surface area contributed by atoms with E-state index in [1.54, 1.807) is 10.9 Å². The van der Waals surface area contributed by atoms with Gasteiger partial charge in [0.05, 0.1) is 11.9 Å². The minimum Gasteiger partial charge on any atom is -0.371 e. The van der Waals surface area contributed by atoms with E-state index in [-0.39, 0.29) is 0 Å². The Morgan fingerprint density at radius 3 is 2.88 bits per heavy atom. The Morgan fingerprint density at radius 1 is 1.20 bits per heavy atom. The minimum atomic E-state index is 0.603. The van der Waals surface area contributed by atoms with E-state index in [2.05, 4.69) is 55.6 Å². The number of hydrogen-bond acceptors (Lipinski definition) is 5. The van der Waals surface area contributed by atoms with Crippen molar-refractivity contribution in [2.45, 2.75) is 6.42 Å². The van der Waals surface area contributed by atoms with Crippen LogP contribution in [0.4, 0.5) is 11.6 Å². The maximum Gasteiger partial charge on any atom is 0.223 e. The molecule has 3 heterocycles. The summed E-state index contributed by atoms with van der Waals surface area (Å²) >= 11 is 0. The van der Waals surface area contributed by atoms with Crippen molar-refractivity contribution < 1.29 is 0 Å². The third kappa shape index (κ3) is 3.63. The lowest BCUT2D eigenvalue weighted by Gasteiger charge is -2.18. The van der Waals surface area contributed by atoms with Gasteiger partial charge in [-0.2, -0.15) is 5.10 Å². The van der Waals surface area contributed by atoms with E-state index in [4.69, 9.17) is 0 Å². The first kappa shape index (κ1) is 15.6. The molecule has 2 aromatic heterocycles. The highest BCUT2D eigenvalue weighted by Crippen LogP contribution is 2.23. The molecular weight excluding hydrogens is 312 g/mol. The summed E-state index contributed by atoms with van der Waals surface area (Å²) in [4.78, 5) is 11.4. The summed E-state index contributed by atoms with van der Waals surface area (Å²) < 4.78 is 1.78. The second-order valence-electron chi connectivity index (χ2n) is 6.49. The fourth-order valence-corrected chi connectivity index (χ4v) is 3.27. The molecule has 0 bridgehead atoms. The van der Waals surface area contributed by atoms with Crippen molar-refractivity contribution in [3.63, 3.8) is 0 Å². The number of nitrogens with one attached hydrogen (secondary N) is 1. The number of anilines is 2. The molecule has 4 rings (SSSR count). The lowest BCUT2D eigenvalue weighted by Crippen LogP contribution is -2.22. The fraction of sp³-hybridized carbons (Fsp3) is 0.316. The van der Waals surface area contributed by atoms with E-state index in [0.29, 0.717) is 11.9 Å². The first-order valence-corrected chi connectivity index (χ1v) is 8.64. The predicted molar refractivity (Wildman–Crippen MR) is 99.5 cm³/mol. The van der Waals surface area contributed by atoms with Gasteiger partial charge in [0.2, 0.25) is 5.95 Å². The van der Waals surface area contributed by atoms with Crippen molar-refractivity contribution in [1.82, 2.24) is 19.7 Å². The third-order valence-electron chi connectivity index (χ3n) is 4.61. The molecule has 0 amide bonds. The molecule has 1 atom stereocenters. The largest absolute Gasteiger partial charge is 0.371 e. The van der Waals surface area contributed by atoms with Crippen LogP contribution in [0.2, 0.25) is 0 Å². The Kier molecular flexibility index (Phi) is 4.33. The topological polar surface area (TPSA) is 58.9 Å². The Balaban J connectivity index is 1.36. The Bertz CT molecular complexity index is 829. The molecule has 6 nitrogen and oxygen atoms in total. The first-order chi connectivity index (χ1) is 12.3. The number of rotatable bonds is 5. The zero-order chi connectivity index (χ0) is 17.1. The van der Waals surface area contributed by atoms with E-state index in [9.17, 15) is 0 Å². The van der Waals surface area contributed by atoms with Gasteiger partial charge in [-0.15, -0.1) is 0 Å². The van der Waals surface area contributed by atoms with E-state index >= 15 is 0 Å². The Morgan fingerprint density at radius 2 is 2.08 bits per heavy atom. The van der Waals surface area contributed by atoms with E-state index < -0.39 is 0 Å². The van der Waals surface area contributed by atoms with E-state index in [1.807, 2.05) is 25.5 Å². The van der Waals surface area contributed by atoms with Crippen molar-refractivity contribution in [2.75, 3.05) is 29.9 Å². The summed E-state index contributed by atoms with van der Waals surface area (Å²) in [7, 11) is 1.91. The van der Waals surface area contributed by atoms with Gasteiger partial charge < -0.3 is 10.2 Å². The zero-order valence-corrected chi connectivity index (χ0v) is 14.3. The smallest absolute Gasteiger partial charge is 0.223 e. The summed E-state index contributed by atoms with van der Waals surface area (Å²) in [6, 6.07) is 12.5. The van der Waals surface area contributed by atoms with Gasteiger partial charge in [0.1, 0.15) is 0 Å². The second-order valence-corrected chi connectivity index (χ2v) is 6.49. The number of benzene rings is 1. The van der Waals surface area contributed by atoms with Gasteiger partial charge in [0.15, 0.2) is 0 Å². The lowest BCUT2D eigenvalue weighted by atomic mass is 10.1.